The fourth-order valence-electron chi connectivity index (χ4n) is 2.60. The van der Waals surface area contributed by atoms with E-state index in [0.717, 1.165) is 30.5 Å². The third kappa shape index (κ3) is 5.01. The van der Waals surface area contributed by atoms with Crippen molar-refractivity contribution in [3.63, 3.8) is 0 Å². The molecule has 0 atom stereocenters. The van der Waals surface area contributed by atoms with Crippen LogP contribution in [0.3, 0.4) is 0 Å². The van der Waals surface area contributed by atoms with Crippen LogP contribution in [0.4, 0.5) is 4.39 Å². The summed E-state index contributed by atoms with van der Waals surface area (Å²) in [5.74, 6) is -0.304. The van der Waals surface area contributed by atoms with E-state index in [1.54, 1.807) is 24.7 Å². The van der Waals surface area contributed by atoms with Gasteiger partial charge in [0.05, 0.1) is 6.33 Å². The topological polar surface area (TPSA) is 46.9 Å². The Balaban J connectivity index is 1.44. The van der Waals surface area contributed by atoms with Gasteiger partial charge in [0.2, 0.25) is 0 Å². The van der Waals surface area contributed by atoms with Crippen LogP contribution in [0.25, 0.3) is 0 Å². The fraction of sp³-hybridized carbons (Fsp3) is 0.200. The lowest BCUT2D eigenvalue weighted by atomic mass is 10.1. The van der Waals surface area contributed by atoms with Crippen LogP contribution < -0.4 is 5.32 Å². The van der Waals surface area contributed by atoms with Crippen molar-refractivity contribution >= 4 is 5.91 Å². The zero-order valence-corrected chi connectivity index (χ0v) is 13.9. The summed E-state index contributed by atoms with van der Waals surface area (Å²) in [6.45, 7) is 1.33. The number of carbonyl (C=O) groups excluding carboxylic acids is 1. The molecule has 1 N–H and O–H groups in total. The van der Waals surface area contributed by atoms with Gasteiger partial charge in [-0.1, -0.05) is 24.3 Å². The van der Waals surface area contributed by atoms with Crippen LogP contribution in [0.15, 0.2) is 67.3 Å². The molecule has 3 aromatic rings. The van der Waals surface area contributed by atoms with Crippen LogP contribution in [0, 0.1) is 5.82 Å². The molecule has 25 heavy (non-hydrogen) atoms. The summed E-state index contributed by atoms with van der Waals surface area (Å²) in [5, 5.41) is 2.92. The molecule has 1 heterocycles. The molecule has 0 saturated carbocycles. The minimum atomic E-state index is -0.228. The maximum atomic E-state index is 12.8. The van der Waals surface area contributed by atoms with Gasteiger partial charge in [-0.2, -0.15) is 0 Å². The van der Waals surface area contributed by atoms with Crippen LogP contribution >= 0.6 is 0 Å². The molecule has 0 aliphatic carbocycles. The highest BCUT2D eigenvalue weighted by atomic mass is 19.1. The SMILES string of the molecule is O=C(NCCCc1ccc(F)cc1)c1ccc(Cn2ccnc2)cc1. The Morgan fingerprint density at radius 3 is 2.44 bits per heavy atom. The van der Waals surface area contributed by atoms with Crippen molar-refractivity contribution in [1.82, 2.24) is 14.9 Å². The number of aromatic nitrogens is 2. The number of imidazole rings is 1. The minimum Gasteiger partial charge on any atom is -0.352 e. The minimum absolute atomic E-state index is 0.0757. The van der Waals surface area contributed by atoms with Crippen molar-refractivity contribution in [2.75, 3.05) is 6.54 Å². The standard InChI is InChI=1S/C20H20FN3O/c21-19-9-5-16(6-10-19)2-1-11-23-20(25)18-7-3-17(4-8-18)14-24-13-12-22-15-24/h3-10,12-13,15H,1-2,11,14H2,(H,23,25). The van der Waals surface area contributed by atoms with Gasteiger partial charge < -0.3 is 9.88 Å². The molecule has 2 aromatic carbocycles. The van der Waals surface area contributed by atoms with Gasteiger partial charge in [-0.25, -0.2) is 9.37 Å². The van der Waals surface area contributed by atoms with Gasteiger partial charge in [-0.05, 0) is 48.2 Å². The number of amides is 1. The Labute approximate surface area is 146 Å². The summed E-state index contributed by atoms with van der Waals surface area (Å²) >= 11 is 0. The van der Waals surface area contributed by atoms with E-state index in [-0.39, 0.29) is 11.7 Å². The smallest absolute Gasteiger partial charge is 0.251 e. The van der Waals surface area contributed by atoms with Crippen molar-refractivity contribution in [1.29, 1.82) is 0 Å². The zero-order valence-electron chi connectivity index (χ0n) is 13.9. The first-order chi connectivity index (χ1) is 12.2. The summed E-state index contributed by atoms with van der Waals surface area (Å²) in [5.41, 5.74) is 2.83. The Morgan fingerprint density at radius 1 is 1.04 bits per heavy atom. The van der Waals surface area contributed by atoms with E-state index >= 15 is 0 Å². The van der Waals surface area contributed by atoms with Crippen molar-refractivity contribution in [3.05, 3.63) is 89.8 Å². The van der Waals surface area contributed by atoms with Crippen molar-refractivity contribution in [2.24, 2.45) is 0 Å². The predicted octanol–water partition coefficient (Wildman–Crippen LogP) is 3.43. The molecule has 128 valence electrons. The molecule has 0 radical (unpaired) electrons. The number of aryl methyl sites for hydroxylation is 1. The Morgan fingerprint density at radius 2 is 1.76 bits per heavy atom. The lowest BCUT2D eigenvalue weighted by Crippen LogP contribution is -2.24. The molecule has 1 aromatic heterocycles. The monoisotopic (exact) mass is 337 g/mol. The molecule has 5 heteroatoms. The molecular weight excluding hydrogens is 317 g/mol. The first-order valence-corrected chi connectivity index (χ1v) is 8.28. The highest BCUT2D eigenvalue weighted by Gasteiger charge is 2.05. The fourth-order valence-corrected chi connectivity index (χ4v) is 2.60. The Kier molecular flexibility index (Phi) is 5.57. The largest absolute Gasteiger partial charge is 0.352 e. The molecule has 0 bridgehead atoms. The normalized spacial score (nSPS) is 10.6. The number of rotatable bonds is 7. The summed E-state index contributed by atoms with van der Waals surface area (Å²) in [6, 6.07) is 14.0. The maximum absolute atomic E-state index is 12.8. The van der Waals surface area contributed by atoms with Gasteiger partial charge in [0.15, 0.2) is 0 Å². The second-order valence-corrected chi connectivity index (χ2v) is 5.92. The van der Waals surface area contributed by atoms with Crippen LogP contribution in [0.2, 0.25) is 0 Å². The average molecular weight is 337 g/mol. The average Bonchev–Trinajstić information content (AvgIpc) is 3.14. The van der Waals surface area contributed by atoms with Gasteiger partial charge in [0.1, 0.15) is 5.82 Å². The van der Waals surface area contributed by atoms with Gasteiger partial charge >= 0.3 is 0 Å². The first kappa shape index (κ1) is 16.9. The Bertz CT molecular complexity index is 796. The van der Waals surface area contributed by atoms with Crippen molar-refractivity contribution < 1.29 is 9.18 Å². The molecule has 0 fully saturated rings. The molecule has 0 spiro atoms. The van der Waals surface area contributed by atoms with Crippen LogP contribution in [0.1, 0.15) is 27.9 Å². The van der Waals surface area contributed by atoms with E-state index in [2.05, 4.69) is 10.3 Å². The predicted molar refractivity (Wildman–Crippen MR) is 94.8 cm³/mol. The molecule has 3 rings (SSSR count). The lowest BCUT2D eigenvalue weighted by Gasteiger charge is -2.07. The van der Waals surface area contributed by atoms with Gasteiger partial charge in [-0.3, -0.25) is 4.79 Å². The summed E-state index contributed by atoms with van der Waals surface area (Å²) in [6.07, 6.45) is 7.04. The summed E-state index contributed by atoms with van der Waals surface area (Å²) in [7, 11) is 0. The summed E-state index contributed by atoms with van der Waals surface area (Å²) < 4.78 is 14.8. The molecule has 0 unspecified atom stereocenters. The van der Waals surface area contributed by atoms with Gasteiger partial charge in [0, 0.05) is 31.0 Å². The molecule has 0 saturated heterocycles. The molecular formula is C20H20FN3O. The summed E-state index contributed by atoms with van der Waals surface area (Å²) in [4.78, 5) is 16.2. The molecule has 1 amide bonds. The number of hydrogen-bond acceptors (Lipinski definition) is 2. The second kappa shape index (κ2) is 8.24. The number of nitrogens with one attached hydrogen (secondary N) is 1. The maximum Gasteiger partial charge on any atom is 0.251 e. The highest BCUT2D eigenvalue weighted by molar-refractivity contribution is 5.94. The Hall–Kier alpha value is -2.95. The van der Waals surface area contributed by atoms with E-state index in [4.69, 9.17) is 0 Å². The third-order valence-electron chi connectivity index (χ3n) is 3.98. The number of halogens is 1. The van der Waals surface area contributed by atoms with E-state index in [1.165, 1.54) is 12.1 Å². The van der Waals surface area contributed by atoms with Crippen molar-refractivity contribution in [2.45, 2.75) is 19.4 Å². The van der Waals surface area contributed by atoms with Crippen LogP contribution in [-0.2, 0) is 13.0 Å². The third-order valence-corrected chi connectivity index (χ3v) is 3.98. The van der Waals surface area contributed by atoms with Gasteiger partial charge in [0.25, 0.3) is 5.91 Å². The van der Waals surface area contributed by atoms with E-state index < -0.39 is 0 Å². The van der Waals surface area contributed by atoms with Gasteiger partial charge in [-0.15, -0.1) is 0 Å². The van der Waals surface area contributed by atoms with E-state index in [0.29, 0.717) is 12.1 Å². The van der Waals surface area contributed by atoms with Crippen molar-refractivity contribution in [3.8, 4) is 0 Å². The quantitative estimate of drug-likeness (QED) is 0.672. The number of hydrogen-bond donors (Lipinski definition) is 1. The molecule has 4 nitrogen and oxygen atoms in total. The number of benzene rings is 2. The second-order valence-electron chi connectivity index (χ2n) is 5.92. The van der Waals surface area contributed by atoms with E-state index in [1.807, 2.05) is 35.0 Å². The highest BCUT2D eigenvalue weighted by Crippen LogP contribution is 2.07. The lowest BCUT2D eigenvalue weighted by molar-refractivity contribution is 0.0953. The molecule has 0 aliphatic heterocycles. The zero-order chi connectivity index (χ0) is 17.5. The van der Waals surface area contributed by atoms with Crippen LogP contribution in [0.5, 0.6) is 0 Å². The number of nitrogens with zero attached hydrogens (tertiary/aromatic N) is 2. The number of carbonyl (C=O) groups is 1. The van der Waals surface area contributed by atoms with Crippen LogP contribution in [-0.4, -0.2) is 22.0 Å². The molecule has 0 aliphatic rings. The van der Waals surface area contributed by atoms with E-state index in [9.17, 15) is 9.18 Å². The first-order valence-electron chi connectivity index (χ1n) is 8.28.